The van der Waals surface area contributed by atoms with E-state index >= 15 is 0 Å². The Balaban J connectivity index is 2.37. The Bertz CT molecular complexity index is 293. The van der Waals surface area contributed by atoms with Crippen LogP contribution in [0.15, 0.2) is 12.3 Å². The number of ether oxygens (including phenoxy) is 1. The Hall–Kier alpha value is -1.23. The molecule has 2 atom stereocenters. The largest absolute Gasteiger partial charge is 0.484 e. The molecule has 2 nitrogen and oxygen atoms in total. The maximum absolute atomic E-state index is 11.3. The molecule has 0 aromatic rings. The van der Waals surface area contributed by atoms with Gasteiger partial charge in [0, 0.05) is 12.5 Å². The molecule has 1 rings (SSSR count). The zero-order chi connectivity index (χ0) is 11.1. The van der Waals surface area contributed by atoms with Crippen LogP contribution in [-0.4, -0.2) is 11.9 Å². The molecule has 0 unspecified atom stereocenters. The Morgan fingerprint density at radius 2 is 2.27 bits per heavy atom. The van der Waals surface area contributed by atoms with Gasteiger partial charge in [-0.1, -0.05) is 38.5 Å². The van der Waals surface area contributed by atoms with E-state index in [2.05, 4.69) is 18.8 Å². The lowest BCUT2D eigenvalue weighted by Gasteiger charge is -2.19. The molecular weight excluding hydrogens is 188 g/mol. The van der Waals surface area contributed by atoms with E-state index in [1.54, 1.807) is 0 Å². The number of unbranched alkanes of at least 4 members (excludes halogenated alkanes) is 3. The highest BCUT2D eigenvalue weighted by Crippen LogP contribution is 2.14. The van der Waals surface area contributed by atoms with E-state index in [1.807, 2.05) is 6.92 Å². The fraction of sp³-hybridized carbons (Fsp3) is 0.615. The topological polar surface area (TPSA) is 26.3 Å². The number of carbonyl (C=O) groups excluding carboxylic acids is 1. The molecule has 0 radical (unpaired) electrons. The maximum atomic E-state index is 11.3. The molecule has 1 aliphatic rings. The summed E-state index contributed by atoms with van der Waals surface area (Å²) in [6, 6.07) is 0. The average molecular weight is 206 g/mol. The Kier molecular flexibility index (Phi) is 4.97. The van der Waals surface area contributed by atoms with Gasteiger partial charge in [-0.25, -0.2) is 0 Å². The third kappa shape index (κ3) is 3.79. The van der Waals surface area contributed by atoms with Gasteiger partial charge >= 0.3 is 0 Å². The normalized spacial score (nSPS) is 24.3. The van der Waals surface area contributed by atoms with Gasteiger partial charge in [0.15, 0.2) is 11.9 Å². The molecule has 0 aromatic carbocycles. The lowest BCUT2D eigenvalue weighted by molar-refractivity contribution is -0.121. The molecule has 0 spiro atoms. The SMILES string of the molecule is CCCCCC#C[C@H]1OC=CC(=O)[C@H]1C. The van der Waals surface area contributed by atoms with Crippen molar-refractivity contribution in [1.82, 2.24) is 0 Å². The minimum Gasteiger partial charge on any atom is -0.484 e. The fourth-order valence-electron chi connectivity index (χ4n) is 1.40. The standard InChI is InChI=1S/C13H18O2/c1-3-4-5-6-7-8-13-11(2)12(14)9-10-15-13/h9-11,13H,3-6H2,1-2H3/t11-,13-/m1/s1. The summed E-state index contributed by atoms with van der Waals surface area (Å²) in [6.07, 6.45) is 7.14. The molecule has 82 valence electrons. The van der Waals surface area contributed by atoms with Crippen molar-refractivity contribution in [3.63, 3.8) is 0 Å². The number of hydrogen-bond donors (Lipinski definition) is 0. The van der Waals surface area contributed by atoms with Crippen LogP contribution >= 0.6 is 0 Å². The number of allylic oxidation sites excluding steroid dienone is 1. The van der Waals surface area contributed by atoms with Crippen molar-refractivity contribution in [1.29, 1.82) is 0 Å². The highest BCUT2D eigenvalue weighted by molar-refractivity contribution is 5.92. The van der Waals surface area contributed by atoms with Gasteiger partial charge in [0.1, 0.15) is 0 Å². The van der Waals surface area contributed by atoms with Crippen LogP contribution in [0.5, 0.6) is 0 Å². The molecule has 0 saturated carbocycles. The third-order valence-corrected chi connectivity index (χ3v) is 2.51. The van der Waals surface area contributed by atoms with Crippen LogP contribution in [0.1, 0.15) is 39.5 Å². The van der Waals surface area contributed by atoms with Crippen LogP contribution in [0.25, 0.3) is 0 Å². The number of hydrogen-bond acceptors (Lipinski definition) is 2. The summed E-state index contributed by atoms with van der Waals surface area (Å²) in [5, 5.41) is 0. The van der Waals surface area contributed by atoms with E-state index in [1.165, 1.54) is 25.2 Å². The summed E-state index contributed by atoms with van der Waals surface area (Å²) in [7, 11) is 0. The first-order valence-electron chi connectivity index (χ1n) is 5.60. The van der Waals surface area contributed by atoms with Crippen LogP contribution in [0.4, 0.5) is 0 Å². The second kappa shape index (κ2) is 6.29. The summed E-state index contributed by atoms with van der Waals surface area (Å²) in [5.74, 6) is 6.07. The van der Waals surface area contributed by atoms with E-state index in [4.69, 9.17) is 4.74 Å². The quantitative estimate of drug-likeness (QED) is 0.524. The molecule has 15 heavy (non-hydrogen) atoms. The third-order valence-electron chi connectivity index (χ3n) is 2.51. The average Bonchev–Trinajstić information content (AvgIpc) is 2.24. The minimum absolute atomic E-state index is 0.106. The lowest BCUT2D eigenvalue weighted by Crippen LogP contribution is -2.28. The monoisotopic (exact) mass is 206 g/mol. The van der Waals surface area contributed by atoms with Crippen LogP contribution < -0.4 is 0 Å². The second-order valence-corrected chi connectivity index (χ2v) is 3.83. The van der Waals surface area contributed by atoms with Gasteiger partial charge in [0.2, 0.25) is 0 Å². The number of carbonyl (C=O) groups is 1. The van der Waals surface area contributed by atoms with Gasteiger partial charge in [-0.05, 0) is 6.42 Å². The highest BCUT2D eigenvalue weighted by atomic mass is 16.5. The van der Waals surface area contributed by atoms with Gasteiger partial charge in [0.05, 0.1) is 12.2 Å². The zero-order valence-electron chi connectivity index (χ0n) is 9.45. The molecule has 0 amide bonds. The molecule has 0 bridgehead atoms. The van der Waals surface area contributed by atoms with Gasteiger partial charge in [-0.3, -0.25) is 4.79 Å². The van der Waals surface area contributed by atoms with Crippen molar-refractivity contribution >= 4 is 5.78 Å². The first kappa shape index (κ1) is 11.8. The second-order valence-electron chi connectivity index (χ2n) is 3.83. The predicted molar refractivity (Wildman–Crippen MR) is 60.1 cm³/mol. The van der Waals surface area contributed by atoms with E-state index in [0.717, 1.165) is 12.8 Å². The van der Waals surface area contributed by atoms with Gasteiger partial charge in [-0.15, -0.1) is 0 Å². The molecule has 0 aromatic heterocycles. The lowest BCUT2D eigenvalue weighted by atomic mass is 9.98. The predicted octanol–water partition coefficient (Wildman–Crippen LogP) is 2.69. The molecular formula is C13H18O2. The Labute approximate surface area is 91.7 Å². The molecule has 0 aliphatic carbocycles. The van der Waals surface area contributed by atoms with Gasteiger partial charge in [0.25, 0.3) is 0 Å². The first-order valence-corrected chi connectivity index (χ1v) is 5.60. The smallest absolute Gasteiger partial charge is 0.168 e. The van der Waals surface area contributed by atoms with Crippen molar-refractivity contribution in [2.24, 2.45) is 5.92 Å². The van der Waals surface area contributed by atoms with Crippen LogP contribution in [-0.2, 0) is 9.53 Å². The number of ketones is 1. The summed E-state index contributed by atoms with van der Waals surface area (Å²) in [5.41, 5.74) is 0. The van der Waals surface area contributed by atoms with Crippen LogP contribution in [0.2, 0.25) is 0 Å². The van der Waals surface area contributed by atoms with Crippen molar-refractivity contribution in [2.75, 3.05) is 0 Å². The van der Waals surface area contributed by atoms with E-state index in [-0.39, 0.29) is 17.8 Å². The van der Waals surface area contributed by atoms with Crippen LogP contribution in [0, 0.1) is 17.8 Å². The van der Waals surface area contributed by atoms with Crippen molar-refractivity contribution in [3.05, 3.63) is 12.3 Å². The summed E-state index contributed by atoms with van der Waals surface area (Å²) in [6.45, 7) is 4.03. The molecule has 0 fully saturated rings. The Morgan fingerprint density at radius 3 is 3.00 bits per heavy atom. The summed E-state index contributed by atoms with van der Waals surface area (Å²) >= 11 is 0. The van der Waals surface area contributed by atoms with Crippen molar-refractivity contribution in [2.45, 2.75) is 45.6 Å². The van der Waals surface area contributed by atoms with E-state index < -0.39 is 0 Å². The van der Waals surface area contributed by atoms with Gasteiger partial charge in [-0.2, -0.15) is 0 Å². The number of rotatable bonds is 3. The maximum Gasteiger partial charge on any atom is 0.168 e. The summed E-state index contributed by atoms with van der Waals surface area (Å²) in [4.78, 5) is 11.3. The zero-order valence-corrected chi connectivity index (χ0v) is 9.45. The van der Waals surface area contributed by atoms with Crippen LogP contribution in [0.3, 0.4) is 0 Å². The van der Waals surface area contributed by atoms with E-state index in [0.29, 0.717) is 0 Å². The fourth-order valence-corrected chi connectivity index (χ4v) is 1.40. The van der Waals surface area contributed by atoms with Crippen molar-refractivity contribution < 1.29 is 9.53 Å². The summed E-state index contributed by atoms with van der Waals surface area (Å²) < 4.78 is 5.29. The molecule has 0 N–H and O–H groups in total. The molecule has 1 heterocycles. The molecule has 2 heteroatoms. The highest BCUT2D eigenvalue weighted by Gasteiger charge is 2.24. The first-order chi connectivity index (χ1) is 7.25. The van der Waals surface area contributed by atoms with Crippen molar-refractivity contribution in [3.8, 4) is 11.8 Å². The molecule has 1 aliphatic heterocycles. The molecule has 0 saturated heterocycles. The van der Waals surface area contributed by atoms with E-state index in [9.17, 15) is 4.79 Å². The van der Waals surface area contributed by atoms with Gasteiger partial charge < -0.3 is 4.74 Å². The Morgan fingerprint density at radius 1 is 1.47 bits per heavy atom. The minimum atomic E-state index is -0.246.